The molecule has 1 saturated carbocycles. The van der Waals surface area contributed by atoms with Crippen LogP contribution in [0.3, 0.4) is 0 Å². The van der Waals surface area contributed by atoms with Crippen molar-refractivity contribution in [2.45, 2.75) is 12.5 Å². The molecule has 0 amide bonds. The molecule has 0 saturated heterocycles. The summed E-state index contributed by atoms with van der Waals surface area (Å²) in [4.78, 5) is 3.93. The molecule has 54 valence electrons. The zero-order valence-corrected chi connectivity index (χ0v) is 5.64. The summed E-state index contributed by atoms with van der Waals surface area (Å²) in [5, 5.41) is 8.74. The van der Waals surface area contributed by atoms with Gasteiger partial charge in [0.1, 0.15) is 0 Å². The summed E-state index contributed by atoms with van der Waals surface area (Å²) in [6.45, 7) is 0.308. The van der Waals surface area contributed by atoms with Crippen molar-refractivity contribution < 1.29 is 5.11 Å². The number of aliphatic hydroxyl groups excluding tert-OH is 1. The molecule has 1 aromatic rings. The minimum Gasteiger partial charge on any atom is -0.396 e. The first-order chi connectivity index (χ1) is 4.92. The highest BCUT2D eigenvalue weighted by atomic mass is 16.3. The standard InChI is InChI=1S/C7H10N2O/c10-4-6-3-7(6)9-2-1-8-5-9/h1-2,5-7,10H,3-4H2. The third-order valence-corrected chi connectivity index (χ3v) is 2.03. The van der Waals surface area contributed by atoms with E-state index in [1.807, 2.05) is 6.20 Å². The van der Waals surface area contributed by atoms with E-state index < -0.39 is 0 Å². The lowest BCUT2D eigenvalue weighted by Gasteiger charge is -1.96. The van der Waals surface area contributed by atoms with Crippen LogP contribution in [0.2, 0.25) is 0 Å². The monoisotopic (exact) mass is 138 g/mol. The lowest BCUT2D eigenvalue weighted by Crippen LogP contribution is -1.94. The number of nitrogens with zero attached hydrogens (tertiary/aromatic N) is 2. The molecule has 0 radical (unpaired) electrons. The van der Waals surface area contributed by atoms with Gasteiger partial charge in [0.2, 0.25) is 0 Å². The van der Waals surface area contributed by atoms with Gasteiger partial charge in [0, 0.05) is 31.0 Å². The summed E-state index contributed by atoms with van der Waals surface area (Å²) in [7, 11) is 0. The van der Waals surface area contributed by atoms with Crippen LogP contribution in [0.15, 0.2) is 18.7 Å². The molecule has 2 unspecified atom stereocenters. The van der Waals surface area contributed by atoms with Crippen LogP contribution < -0.4 is 0 Å². The fraction of sp³-hybridized carbons (Fsp3) is 0.571. The van der Waals surface area contributed by atoms with Crippen molar-refractivity contribution >= 4 is 0 Å². The van der Waals surface area contributed by atoms with Gasteiger partial charge in [0.15, 0.2) is 0 Å². The molecule has 1 aliphatic rings. The molecule has 1 aliphatic carbocycles. The van der Waals surface area contributed by atoms with Crippen LogP contribution >= 0.6 is 0 Å². The highest BCUT2D eigenvalue weighted by molar-refractivity contribution is 4.94. The molecule has 0 bridgehead atoms. The van der Waals surface area contributed by atoms with E-state index in [9.17, 15) is 0 Å². The highest BCUT2D eigenvalue weighted by Crippen LogP contribution is 2.42. The van der Waals surface area contributed by atoms with E-state index in [1.165, 1.54) is 0 Å². The molecule has 2 rings (SSSR count). The van der Waals surface area contributed by atoms with E-state index >= 15 is 0 Å². The van der Waals surface area contributed by atoms with E-state index in [2.05, 4.69) is 9.55 Å². The number of aromatic nitrogens is 2. The normalized spacial score (nSPS) is 30.5. The molecule has 1 fully saturated rings. The van der Waals surface area contributed by atoms with Crippen LogP contribution in [0.5, 0.6) is 0 Å². The van der Waals surface area contributed by atoms with E-state index in [0.717, 1.165) is 6.42 Å². The summed E-state index contributed by atoms with van der Waals surface area (Å²) in [5.74, 6) is 0.481. The third-order valence-electron chi connectivity index (χ3n) is 2.03. The number of hydrogen-bond donors (Lipinski definition) is 1. The van der Waals surface area contributed by atoms with Crippen LogP contribution in [0.4, 0.5) is 0 Å². The minimum atomic E-state index is 0.308. The van der Waals surface area contributed by atoms with Gasteiger partial charge >= 0.3 is 0 Å². The second-order valence-corrected chi connectivity index (χ2v) is 2.76. The smallest absolute Gasteiger partial charge is 0.0948 e. The van der Waals surface area contributed by atoms with Crippen molar-refractivity contribution in [2.75, 3.05) is 6.61 Å². The van der Waals surface area contributed by atoms with Crippen molar-refractivity contribution in [3.8, 4) is 0 Å². The van der Waals surface area contributed by atoms with Gasteiger partial charge in [-0.15, -0.1) is 0 Å². The average Bonchev–Trinajstić information content (AvgIpc) is 2.56. The Bertz CT molecular complexity index is 207. The van der Waals surface area contributed by atoms with Crippen LogP contribution in [0.25, 0.3) is 0 Å². The van der Waals surface area contributed by atoms with E-state index in [4.69, 9.17) is 5.11 Å². The SMILES string of the molecule is OCC1CC1n1ccnc1. The molecule has 1 heterocycles. The average molecular weight is 138 g/mol. The van der Waals surface area contributed by atoms with Gasteiger partial charge in [-0.05, 0) is 6.42 Å². The summed E-state index contributed by atoms with van der Waals surface area (Å²) < 4.78 is 2.06. The fourth-order valence-electron chi connectivity index (χ4n) is 1.26. The van der Waals surface area contributed by atoms with E-state index in [1.54, 1.807) is 12.5 Å². The predicted octanol–water partition coefficient (Wildman–Crippen LogP) is 0.436. The number of hydrogen-bond acceptors (Lipinski definition) is 2. The summed E-state index contributed by atoms with van der Waals surface area (Å²) in [5.41, 5.74) is 0. The number of imidazole rings is 1. The molecule has 1 N–H and O–H groups in total. The maximum absolute atomic E-state index is 8.74. The second kappa shape index (κ2) is 2.09. The van der Waals surface area contributed by atoms with E-state index in [-0.39, 0.29) is 0 Å². The molecule has 0 aromatic carbocycles. The van der Waals surface area contributed by atoms with Crippen LogP contribution in [0.1, 0.15) is 12.5 Å². The molecule has 3 heteroatoms. The first-order valence-electron chi connectivity index (χ1n) is 3.50. The van der Waals surface area contributed by atoms with Gasteiger partial charge < -0.3 is 9.67 Å². The third kappa shape index (κ3) is 0.827. The lowest BCUT2D eigenvalue weighted by molar-refractivity contribution is 0.269. The summed E-state index contributed by atoms with van der Waals surface area (Å²) in [6, 6.07) is 0.521. The summed E-state index contributed by atoms with van der Waals surface area (Å²) >= 11 is 0. The molecule has 3 nitrogen and oxygen atoms in total. The largest absolute Gasteiger partial charge is 0.396 e. The van der Waals surface area contributed by atoms with Crippen LogP contribution in [0, 0.1) is 5.92 Å². The van der Waals surface area contributed by atoms with Gasteiger partial charge in [0.05, 0.1) is 6.33 Å². The van der Waals surface area contributed by atoms with Crippen molar-refractivity contribution in [3.05, 3.63) is 18.7 Å². The Kier molecular flexibility index (Phi) is 1.24. The maximum Gasteiger partial charge on any atom is 0.0948 e. The van der Waals surface area contributed by atoms with Crippen LogP contribution in [-0.4, -0.2) is 21.3 Å². The van der Waals surface area contributed by atoms with Gasteiger partial charge in [-0.25, -0.2) is 4.98 Å². The van der Waals surface area contributed by atoms with Gasteiger partial charge in [0.25, 0.3) is 0 Å². The minimum absolute atomic E-state index is 0.308. The van der Waals surface area contributed by atoms with Crippen molar-refractivity contribution in [1.29, 1.82) is 0 Å². The molecular weight excluding hydrogens is 128 g/mol. The second-order valence-electron chi connectivity index (χ2n) is 2.76. The van der Waals surface area contributed by atoms with Crippen molar-refractivity contribution in [3.63, 3.8) is 0 Å². The Labute approximate surface area is 59.3 Å². The molecule has 1 aromatic heterocycles. The lowest BCUT2D eigenvalue weighted by atomic mass is 10.4. The fourth-order valence-corrected chi connectivity index (χ4v) is 1.26. The van der Waals surface area contributed by atoms with Gasteiger partial charge in [-0.3, -0.25) is 0 Å². The zero-order chi connectivity index (χ0) is 6.97. The highest BCUT2D eigenvalue weighted by Gasteiger charge is 2.37. The van der Waals surface area contributed by atoms with Crippen molar-refractivity contribution in [2.24, 2.45) is 5.92 Å². The molecule has 0 spiro atoms. The van der Waals surface area contributed by atoms with E-state index in [0.29, 0.717) is 18.6 Å². The molecule has 0 aliphatic heterocycles. The summed E-state index contributed by atoms with van der Waals surface area (Å²) in [6.07, 6.45) is 6.63. The molecule has 2 atom stereocenters. The van der Waals surface area contributed by atoms with Crippen LogP contribution in [-0.2, 0) is 0 Å². The quantitative estimate of drug-likeness (QED) is 0.643. The maximum atomic E-state index is 8.74. The van der Waals surface area contributed by atoms with Gasteiger partial charge in [-0.2, -0.15) is 0 Å². The Morgan fingerprint density at radius 2 is 2.60 bits per heavy atom. The number of aliphatic hydroxyl groups is 1. The topological polar surface area (TPSA) is 38.0 Å². The number of rotatable bonds is 2. The van der Waals surface area contributed by atoms with Crippen molar-refractivity contribution in [1.82, 2.24) is 9.55 Å². The molecule has 10 heavy (non-hydrogen) atoms. The Morgan fingerprint density at radius 1 is 1.70 bits per heavy atom. The molecular formula is C7H10N2O. The Hall–Kier alpha value is -0.830. The first kappa shape index (κ1) is 5.92. The zero-order valence-electron chi connectivity index (χ0n) is 5.64. The predicted molar refractivity (Wildman–Crippen MR) is 36.5 cm³/mol. The Morgan fingerprint density at radius 3 is 3.10 bits per heavy atom. The first-order valence-corrected chi connectivity index (χ1v) is 3.50. The van der Waals surface area contributed by atoms with Gasteiger partial charge in [-0.1, -0.05) is 0 Å². The Balaban J connectivity index is 2.05.